The first-order valence-electron chi connectivity index (χ1n) is 9.49. The third-order valence-corrected chi connectivity index (χ3v) is 5.36. The maximum Gasteiger partial charge on any atom is 0.356 e. The monoisotopic (exact) mass is 420 g/mol. The van der Waals surface area contributed by atoms with Crippen LogP contribution >= 0.6 is 11.6 Å². The van der Waals surface area contributed by atoms with Gasteiger partial charge in [0.25, 0.3) is 5.91 Å². The van der Waals surface area contributed by atoms with Gasteiger partial charge in [-0.3, -0.25) is 4.79 Å². The average Bonchev–Trinajstić information content (AvgIpc) is 3.07. The third-order valence-electron chi connectivity index (χ3n) is 4.97. The summed E-state index contributed by atoms with van der Waals surface area (Å²) in [6.45, 7) is 5.13. The molecule has 0 bridgehead atoms. The number of aromatic amines is 1. The van der Waals surface area contributed by atoms with Crippen LogP contribution in [0, 0.1) is 6.92 Å². The van der Waals surface area contributed by atoms with Crippen molar-refractivity contribution < 1.29 is 19.1 Å². The van der Waals surface area contributed by atoms with Crippen LogP contribution in [-0.4, -0.2) is 60.8 Å². The van der Waals surface area contributed by atoms with Crippen molar-refractivity contribution in [3.8, 4) is 0 Å². The quantitative estimate of drug-likeness (QED) is 0.697. The van der Waals surface area contributed by atoms with Gasteiger partial charge in [0.05, 0.1) is 23.8 Å². The molecule has 3 heterocycles. The fourth-order valence-electron chi connectivity index (χ4n) is 3.39. The zero-order valence-electron chi connectivity index (χ0n) is 16.7. The third kappa shape index (κ3) is 4.89. The van der Waals surface area contributed by atoms with Gasteiger partial charge in [0.2, 0.25) is 0 Å². The summed E-state index contributed by atoms with van der Waals surface area (Å²) in [5.74, 6) is -0.659. The van der Waals surface area contributed by atoms with E-state index >= 15 is 0 Å². The predicted molar refractivity (Wildman–Crippen MR) is 110 cm³/mol. The first-order chi connectivity index (χ1) is 13.9. The molecule has 1 aliphatic heterocycles. The van der Waals surface area contributed by atoms with Crippen molar-refractivity contribution in [2.24, 2.45) is 0 Å². The number of ether oxygens (including phenoxy) is 2. The average molecular weight is 421 g/mol. The fourth-order valence-corrected chi connectivity index (χ4v) is 3.55. The topological polar surface area (TPSA) is 96.6 Å². The molecule has 9 heteroatoms. The second-order valence-electron chi connectivity index (χ2n) is 6.86. The first kappa shape index (κ1) is 21.1. The highest BCUT2D eigenvalue weighted by atomic mass is 35.5. The Morgan fingerprint density at radius 2 is 2.21 bits per heavy atom. The number of nitrogens with zero attached hydrogens (tertiary/aromatic N) is 2. The number of aryl methyl sites for hydroxylation is 1. The number of H-pyrrole nitrogens is 1. The molecule has 2 atom stereocenters. The minimum absolute atomic E-state index is 0.141. The zero-order valence-corrected chi connectivity index (χ0v) is 17.5. The van der Waals surface area contributed by atoms with E-state index in [1.807, 2.05) is 13.0 Å². The summed E-state index contributed by atoms with van der Waals surface area (Å²) in [6.07, 6.45) is 2.07. The Balaban J connectivity index is 1.67. The van der Waals surface area contributed by atoms with Crippen molar-refractivity contribution in [3.63, 3.8) is 0 Å². The number of methoxy groups -OCH3 is 1. The summed E-state index contributed by atoms with van der Waals surface area (Å²) in [7, 11) is 1.62. The normalized spacial score (nSPS) is 19.1. The lowest BCUT2D eigenvalue weighted by Gasteiger charge is -2.39. The molecule has 2 aromatic rings. The van der Waals surface area contributed by atoms with Gasteiger partial charge in [0, 0.05) is 37.8 Å². The minimum Gasteiger partial charge on any atom is -0.461 e. The molecule has 8 nitrogen and oxygen atoms in total. The van der Waals surface area contributed by atoms with E-state index in [1.54, 1.807) is 32.4 Å². The summed E-state index contributed by atoms with van der Waals surface area (Å²) in [5.41, 5.74) is 2.32. The molecule has 156 valence electrons. The molecule has 2 N–H and O–H groups in total. The molecule has 0 aliphatic carbocycles. The lowest BCUT2D eigenvalue weighted by molar-refractivity contribution is 0.0517. The van der Waals surface area contributed by atoms with Crippen molar-refractivity contribution in [2.45, 2.75) is 32.4 Å². The first-order valence-corrected chi connectivity index (χ1v) is 9.87. The Labute approximate surface area is 174 Å². The second kappa shape index (κ2) is 9.28. The van der Waals surface area contributed by atoms with Crippen LogP contribution in [0.3, 0.4) is 0 Å². The number of aromatic nitrogens is 2. The van der Waals surface area contributed by atoms with E-state index in [2.05, 4.69) is 20.2 Å². The van der Waals surface area contributed by atoms with Crippen LogP contribution in [0.5, 0.6) is 0 Å². The fraction of sp³-hybridized carbons (Fsp3) is 0.450. The number of amides is 1. The number of hydrogen-bond acceptors (Lipinski definition) is 6. The van der Waals surface area contributed by atoms with Crippen LogP contribution < -0.4 is 10.2 Å². The maximum atomic E-state index is 12.5. The minimum atomic E-state index is -0.445. The molecule has 0 saturated carbocycles. The number of pyridine rings is 1. The van der Waals surface area contributed by atoms with E-state index in [0.717, 1.165) is 11.4 Å². The molecule has 0 aromatic carbocycles. The molecular weight excluding hydrogens is 396 g/mol. The molecule has 1 saturated heterocycles. The second-order valence-corrected chi connectivity index (χ2v) is 7.27. The van der Waals surface area contributed by atoms with E-state index in [1.165, 1.54) is 0 Å². The number of halogens is 1. The van der Waals surface area contributed by atoms with E-state index in [-0.39, 0.29) is 23.7 Å². The smallest absolute Gasteiger partial charge is 0.356 e. The van der Waals surface area contributed by atoms with Crippen molar-refractivity contribution in [2.75, 3.05) is 31.7 Å². The summed E-state index contributed by atoms with van der Waals surface area (Å²) in [4.78, 5) is 33.7. The Hall–Kier alpha value is -2.58. The lowest BCUT2D eigenvalue weighted by atomic mass is 10.0. The number of carbonyl (C=O) groups excluding carboxylic acids is 2. The van der Waals surface area contributed by atoms with Crippen molar-refractivity contribution in [1.82, 2.24) is 15.3 Å². The molecule has 0 unspecified atom stereocenters. The molecule has 1 amide bonds. The van der Waals surface area contributed by atoms with Gasteiger partial charge in [0.15, 0.2) is 0 Å². The van der Waals surface area contributed by atoms with Crippen LogP contribution in [-0.2, 0) is 9.47 Å². The van der Waals surface area contributed by atoms with E-state index < -0.39 is 5.97 Å². The van der Waals surface area contributed by atoms with Gasteiger partial charge in [-0.15, -0.1) is 0 Å². The van der Waals surface area contributed by atoms with Crippen LogP contribution in [0.2, 0.25) is 5.02 Å². The van der Waals surface area contributed by atoms with Crippen molar-refractivity contribution in [1.29, 1.82) is 0 Å². The SMILES string of the molecule is CCOC(=O)c1cc(N2CC[C@@H](NC(=O)c3cc(Cl)c(C)[nH]3)[C@@H](OC)C2)ccn1. The number of carbonyl (C=O) groups is 2. The van der Waals surface area contributed by atoms with Crippen LogP contribution in [0.4, 0.5) is 5.69 Å². The molecule has 29 heavy (non-hydrogen) atoms. The number of anilines is 1. The summed E-state index contributed by atoms with van der Waals surface area (Å²) in [6, 6.07) is 5.04. The number of rotatable bonds is 6. The number of piperidine rings is 1. The largest absolute Gasteiger partial charge is 0.461 e. The van der Waals surface area contributed by atoms with Crippen molar-refractivity contribution >= 4 is 29.2 Å². The highest BCUT2D eigenvalue weighted by Crippen LogP contribution is 2.23. The van der Waals surface area contributed by atoms with E-state index in [9.17, 15) is 9.59 Å². The van der Waals surface area contributed by atoms with E-state index in [0.29, 0.717) is 36.8 Å². The number of esters is 1. The Bertz CT molecular complexity index is 866. The van der Waals surface area contributed by atoms with Crippen LogP contribution in [0.25, 0.3) is 0 Å². The standard InChI is InChI=1S/C20H25ClN4O4/c1-4-29-20(27)17-9-13(5-7-22-17)25-8-6-15(18(11-25)28-3)24-19(26)16-10-14(21)12(2)23-16/h5,7,9-10,15,18,23H,4,6,8,11H2,1-3H3,(H,24,26)/t15-,18+/m1/s1. The van der Waals surface area contributed by atoms with E-state index in [4.69, 9.17) is 21.1 Å². The lowest BCUT2D eigenvalue weighted by Crippen LogP contribution is -2.55. The highest BCUT2D eigenvalue weighted by Gasteiger charge is 2.31. The van der Waals surface area contributed by atoms with Gasteiger partial charge < -0.3 is 24.7 Å². The molecule has 3 rings (SSSR count). The van der Waals surface area contributed by atoms with Gasteiger partial charge in [-0.05, 0) is 38.5 Å². The molecule has 0 spiro atoms. The highest BCUT2D eigenvalue weighted by molar-refractivity contribution is 6.31. The maximum absolute atomic E-state index is 12.5. The zero-order chi connectivity index (χ0) is 21.0. The van der Waals surface area contributed by atoms with Gasteiger partial charge >= 0.3 is 5.97 Å². The Morgan fingerprint density at radius 3 is 2.86 bits per heavy atom. The summed E-state index contributed by atoms with van der Waals surface area (Å²) >= 11 is 6.03. The van der Waals surface area contributed by atoms with Crippen molar-refractivity contribution in [3.05, 3.63) is 46.5 Å². The van der Waals surface area contributed by atoms with Gasteiger partial charge in [-0.2, -0.15) is 0 Å². The van der Waals surface area contributed by atoms with Gasteiger partial charge in [-0.1, -0.05) is 11.6 Å². The van der Waals surface area contributed by atoms with Gasteiger partial charge in [0.1, 0.15) is 11.4 Å². The molecular formula is C20H25ClN4O4. The van der Waals surface area contributed by atoms with Crippen LogP contribution in [0.15, 0.2) is 24.4 Å². The Morgan fingerprint density at radius 1 is 1.41 bits per heavy atom. The summed E-state index contributed by atoms with van der Waals surface area (Å²) < 4.78 is 10.7. The Kier molecular flexibility index (Phi) is 6.76. The number of nitrogens with one attached hydrogen (secondary N) is 2. The van der Waals surface area contributed by atoms with Gasteiger partial charge in [-0.25, -0.2) is 9.78 Å². The van der Waals surface area contributed by atoms with Crippen LogP contribution in [0.1, 0.15) is 40.0 Å². The molecule has 0 radical (unpaired) electrons. The summed E-state index contributed by atoms with van der Waals surface area (Å²) in [5, 5.41) is 3.56. The number of hydrogen-bond donors (Lipinski definition) is 2. The predicted octanol–water partition coefficient (Wildman–Crippen LogP) is 2.57. The molecule has 1 fully saturated rings. The molecule has 1 aliphatic rings. The molecule has 2 aromatic heterocycles.